The van der Waals surface area contributed by atoms with Gasteiger partial charge >= 0.3 is 0 Å². The van der Waals surface area contributed by atoms with Crippen molar-refractivity contribution in [2.24, 2.45) is 0 Å². The fourth-order valence-electron chi connectivity index (χ4n) is 4.41. The lowest BCUT2D eigenvalue weighted by Gasteiger charge is -1.90. The monoisotopic (exact) mass is 712 g/mol. The number of aromatic amines is 2. The Morgan fingerprint density at radius 2 is 0.780 bits per heavy atom. The van der Waals surface area contributed by atoms with Crippen LogP contribution in [0.25, 0.3) is 0 Å². The number of hydrogen-bond acceptors (Lipinski definition) is 4. The van der Waals surface area contributed by atoms with Gasteiger partial charge in [-0.15, -0.1) is 22.7 Å². The lowest BCUT2D eigenvalue weighted by Crippen LogP contribution is -1.71. The molecule has 0 radical (unpaired) electrons. The summed E-state index contributed by atoms with van der Waals surface area (Å²) in [4.78, 5) is 8.94. The van der Waals surface area contributed by atoms with Gasteiger partial charge in [0, 0.05) is 33.5 Å². The van der Waals surface area contributed by atoms with Crippen LogP contribution in [-0.2, 0) is 0 Å². The summed E-state index contributed by atoms with van der Waals surface area (Å²) in [7, 11) is 0. The summed E-state index contributed by atoms with van der Waals surface area (Å²) in [6, 6.07) is 21.0. The van der Waals surface area contributed by atoms with Crippen LogP contribution in [0, 0.1) is 96.9 Å². The van der Waals surface area contributed by atoms with Gasteiger partial charge in [0.1, 0.15) is 11.5 Å². The van der Waals surface area contributed by atoms with Crippen molar-refractivity contribution >= 4 is 22.7 Å². The van der Waals surface area contributed by atoms with Crippen LogP contribution in [0.3, 0.4) is 0 Å². The van der Waals surface area contributed by atoms with Crippen molar-refractivity contribution in [3.05, 3.63) is 174 Å². The highest BCUT2D eigenvalue weighted by Gasteiger charge is 1.88. The number of thiophene rings is 2. The molecule has 1 aromatic carbocycles. The van der Waals surface area contributed by atoms with E-state index in [0.717, 1.165) is 11.5 Å². The molecular formula is C44H60N2O2S2. The fourth-order valence-corrected chi connectivity index (χ4v) is 5.80. The maximum Gasteiger partial charge on any atom is 0.100 e. The van der Waals surface area contributed by atoms with Gasteiger partial charge in [0.25, 0.3) is 0 Å². The zero-order valence-electron chi connectivity index (χ0n) is 32.9. The Kier molecular flexibility index (Phi) is 21.0. The van der Waals surface area contributed by atoms with Crippen molar-refractivity contribution < 1.29 is 8.83 Å². The quantitative estimate of drug-likeness (QED) is 0.164. The lowest BCUT2D eigenvalue weighted by molar-refractivity contribution is 0.532. The summed E-state index contributed by atoms with van der Waals surface area (Å²) in [6.07, 6.45) is 7.48. The molecule has 50 heavy (non-hydrogen) atoms. The number of furan rings is 2. The summed E-state index contributed by atoms with van der Waals surface area (Å²) >= 11 is 3.61. The number of aromatic nitrogens is 2. The van der Waals surface area contributed by atoms with Gasteiger partial charge in [0.05, 0.1) is 12.5 Å². The third-order valence-corrected chi connectivity index (χ3v) is 8.52. The minimum absolute atomic E-state index is 0.984. The number of rotatable bonds is 0. The first-order chi connectivity index (χ1) is 23.5. The molecule has 6 aromatic heterocycles. The van der Waals surface area contributed by atoms with E-state index < -0.39 is 0 Å². The van der Waals surface area contributed by atoms with Crippen molar-refractivity contribution in [3.8, 4) is 0 Å². The highest BCUT2D eigenvalue weighted by atomic mass is 32.1. The summed E-state index contributed by atoms with van der Waals surface area (Å²) in [5, 5.41) is 4.32. The zero-order chi connectivity index (χ0) is 37.6. The molecule has 0 saturated heterocycles. The lowest BCUT2D eigenvalue weighted by atomic mass is 10.2. The van der Waals surface area contributed by atoms with Gasteiger partial charge in [-0.1, -0.05) is 35.4 Å². The van der Waals surface area contributed by atoms with Gasteiger partial charge in [-0.3, -0.25) is 0 Å². The second-order valence-corrected chi connectivity index (χ2v) is 15.0. The molecule has 0 aliphatic carbocycles. The summed E-state index contributed by atoms with van der Waals surface area (Å²) < 4.78 is 9.93. The fraction of sp³-hybridized carbons (Fsp3) is 0.318. The van der Waals surface area contributed by atoms with E-state index >= 15 is 0 Å². The standard InChI is InChI=1S/C8H10.2C6H9N.2C6H8O.2C6H8S/c1-7-4-3-5-8(2)6-7;6*1-5-3-6(2)7-4-5/h3-6H,1-2H3;2*3-4,7H,1-2H3;4*3-4H,1-2H3. The topological polar surface area (TPSA) is 57.9 Å². The second kappa shape index (κ2) is 24.0. The molecule has 0 amide bonds. The number of benzene rings is 1. The van der Waals surface area contributed by atoms with Crippen molar-refractivity contribution in [1.82, 2.24) is 9.97 Å². The maximum absolute atomic E-state index is 4.96. The number of H-pyrrole nitrogens is 2. The van der Waals surface area contributed by atoms with Gasteiger partial charge in [0.15, 0.2) is 0 Å². The predicted octanol–water partition coefficient (Wildman–Crippen LogP) is 14.1. The normalized spacial score (nSPS) is 9.40. The van der Waals surface area contributed by atoms with E-state index in [0.29, 0.717) is 0 Å². The molecular weight excluding hydrogens is 653 g/mol. The van der Waals surface area contributed by atoms with Gasteiger partial charge < -0.3 is 18.8 Å². The molecule has 6 heterocycles. The highest BCUT2D eigenvalue weighted by molar-refractivity contribution is 7.10. The Morgan fingerprint density at radius 1 is 0.400 bits per heavy atom. The second-order valence-electron chi connectivity index (χ2n) is 12.8. The molecule has 7 aromatic rings. The SMILES string of the molecule is Cc1c[nH]c(C)c1.Cc1c[nH]c(C)c1.Cc1cccc(C)c1.Cc1coc(C)c1.Cc1coc(C)c1.Cc1csc(C)c1.Cc1csc(C)c1. The summed E-state index contributed by atoms with van der Waals surface area (Å²) in [6.45, 7) is 28.8. The predicted molar refractivity (Wildman–Crippen MR) is 220 cm³/mol. The van der Waals surface area contributed by atoms with E-state index in [9.17, 15) is 0 Å². The molecule has 7 rings (SSSR count). The van der Waals surface area contributed by atoms with Crippen LogP contribution in [0.15, 0.2) is 105 Å². The van der Waals surface area contributed by atoms with Gasteiger partial charge in [0.2, 0.25) is 0 Å². The maximum atomic E-state index is 4.96. The van der Waals surface area contributed by atoms with Crippen LogP contribution in [0.1, 0.15) is 77.2 Å². The average Bonchev–Trinajstić information content (AvgIpc) is 3.90. The van der Waals surface area contributed by atoms with Gasteiger partial charge in [-0.2, -0.15) is 0 Å². The zero-order valence-corrected chi connectivity index (χ0v) is 34.5. The minimum atomic E-state index is 0.984. The molecule has 0 saturated carbocycles. The van der Waals surface area contributed by atoms with Crippen molar-refractivity contribution in [3.63, 3.8) is 0 Å². The number of aryl methyl sites for hydroxylation is 14. The van der Waals surface area contributed by atoms with Crippen molar-refractivity contribution in [2.75, 3.05) is 0 Å². The largest absolute Gasteiger partial charge is 0.469 e. The average molecular weight is 713 g/mol. The van der Waals surface area contributed by atoms with Crippen LogP contribution in [0.2, 0.25) is 0 Å². The third kappa shape index (κ3) is 22.4. The molecule has 0 aliphatic rings. The van der Waals surface area contributed by atoms with E-state index in [2.05, 4.69) is 125 Å². The molecule has 6 heteroatoms. The number of nitrogens with one attached hydrogen (secondary N) is 2. The van der Waals surface area contributed by atoms with Crippen LogP contribution < -0.4 is 0 Å². The molecule has 2 N–H and O–H groups in total. The molecule has 0 unspecified atom stereocenters. The van der Waals surface area contributed by atoms with E-state index in [1.54, 1.807) is 35.2 Å². The van der Waals surface area contributed by atoms with Crippen LogP contribution in [0.5, 0.6) is 0 Å². The van der Waals surface area contributed by atoms with Crippen LogP contribution in [0.4, 0.5) is 0 Å². The Balaban J connectivity index is 0.000000292. The third-order valence-electron chi connectivity index (χ3n) is 6.56. The molecule has 0 spiro atoms. The Labute approximate surface area is 310 Å². The first-order valence-corrected chi connectivity index (χ1v) is 18.6. The van der Waals surface area contributed by atoms with E-state index in [1.807, 2.05) is 66.1 Å². The summed E-state index contributed by atoms with van der Waals surface area (Å²) in [5.74, 6) is 1.97. The molecule has 0 atom stereocenters. The summed E-state index contributed by atoms with van der Waals surface area (Å²) in [5.41, 5.74) is 12.9. The van der Waals surface area contributed by atoms with E-state index in [4.69, 9.17) is 8.83 Å². The first kappa shape index (κ1) is 43.8. The molecule has 4 nitrogen and oxygen atoms in total. The number of hydrogen-bond donors (Lipinski definition) is 2. The molecule has 0 fully saturated rings. The Morgan fingerprint density at radius 3 is 0.880 bits per heavy atom. The van der Waals surface area contributed by atoms with Crippen molar-refractivity contribution in [2.45, 2.75) is 96.9 Å². The minimum Gasteiger partial charge on any atom is -0.469 e. The molecule has 0 bridgehead atoms. The van der Waals surface area contributed by atoms with E-state index in [-0.39, 0.29) is 0 Å². The first-order valence-electron chi connectivity index (χ1n) is 16.9. The Bertz CT molecular complexity index is 1460. The smallest absolute Gasteiger partial charge is 0.100 e. The Hall–Kier alpha value is -4.26. The van der Waals surface area contributed by atoms with Gasteiger partial charge in [-0.05, 0) is 177 Å². The van der Waals surface area contributed by atoms with Crippen molar-refractivity contribution in [1.29, 1.82) is 0 Å². The molecule has 270 valence electrons. The van der Waals surface area contributed by atoms with Gasteiger partial charge in [-0.25, -0.2) is 0 Å². The van der Waals surface area contributed by atoms with E-state index in [1.165, 1.54) is 65.6 Å². The van der Waals surface area contributed by atoms with Crippen LogP contribution >= 0.6 is 22.7 Å². The highest BCUT2D eigenvalue weighted by Crippen LogP contribution is 2.11. The van der Waals surface area contributed by atoms with Crippen LogP contribution in [-0.4, -0.2) is 9.97 Å². The molecule has 0 aliphatic heterocycles.